The zero-order valence-corrected chi connectivity index (χ0v) is 17.3. The lowest BCUT2D eigenvalue weighted by molar-refractivity contribution is 0.444. The second kappa shape index (κ2) is 7.79. The van der Waals surface area contributed by atoms with Gasteiger partial charge in [0.25, 0.3) is 0 Å². The number of aromatic amines is 1. The number of hydrogen-bond acceptors (Lipinski definition) is 1. The molecule has 1 heterocycles. The van der Waals surface area contributed by atoms with Gasteiger partial charge in [-0.2, -0.15) is 5.10 Å². The Hall–Kier alpha value is -2.61. The number of aromatic nitrogens is 2. The van der Waals surface area contributed by atoms with E-state index in [1.54, 1.807) is 0 Å². The Labute approximate surface area is 167 Å². The monoisotopic (exact) mass is 370 g/mol. The summed E-state index contributed by atoms with van der Waals surface area (Å²) in [6.45, 7) is 10.8. The molecule has 0 saturated heterocycles. The van der Waals surface area contributed by atoms with Crippen molar-refractivity contribution in [2.24, 2.45) is 0 Å². The molecule has 144 valence electrons. The van der Waals surface area contributed by atoms with Gasteiger partial charge in [-0.05, 0) is 79.3 Å². The van der Waals surface area contributed by atoms with Gasteiger partial charge in [-0.15, -0.1) is 0 Å². The van der Waals surface area contributed by atoms with Crippen LogP contribution in [-0.4, -0.2) is 10.2 Å². The van der Waals surface area contributed by atoms with Crippen molar-refractivity contribution in [3.63, 3.8) is 0 Å². The van der Waals surface area contributed by atoms with E-state index < -0.39 is 0 Å². The van der Waals surface area contributed by atoms with E-state index in [0.29, 0.717) is 5.92 Å². The lowest BCUT2D eigenvalue weighted by Gasteiger charge is -2.22. The Morgan fingerprint density at radius 2 is 1.86 bits per heavy atom. The first kappa shape index (κ1) is 18.7. The lowest BCUT2D eigenvalue weighted by atomic mass is 9.83. The summed E-state index contributed by atoms with van der Waals surface area (Å²) >= 11 is 0. The summed E-state index contributed by atoms with van der Waals surface area (Å²) in [5.74, 6) is 0.693. The fourth-order valence-electron chi connectivity index (χ4n) is 4.48. The zero-order chi connectivity index (χ0) is 19.7. The molecule has 0 unspecified atom stereocenters. The third-order valence-electron chi connectivity index (χ3n) is 6.04. The maximum atomic E-state index is 4.61. The van der Waals surface area contributed by atoms with Crippen LogP contribution in [0.5, 0.6) is 0 Å². The van der Waals surface area contributed by atoms with Crippen molar-refractivity contribution in [1.29, 1.82) is 0 Å². The highest BCUT2D eigenvalue weighted by atomic mass is 15.1. The molecule has 2 heteroatoms. The van der Waals surface area contributed by atoms with Gasteiger partial charge in [0.15, 0.2) is 0 Å². The minimum atomic E-state index is 0.693. The molecule has 0 spiro atoms. The molecule has 1 aliphatic rings. The fourth-order valence-corrected chi connectivity index (χ4v) is 4.48. The number of aryl methyl sites for hydroxylation is 1. The van der Waals surface area contributed by atoms with Crippen LogP contribution in [-0.2, 0) is 0 Å². The van der Waals surface area contributed by atoms with Gasteiger partial charge in [-0.3, -0.25) is 5.10 Å². The SMILES string of the molecule is C=C(/C=c1/cc(C)ccc1=C(C)C)c1n[nH]c2ccc(C3CCCCC3)cc12. The van der Waals surface area contributed by atoms with Crippen LogP contribution in [0.4, 0.5) is 0 Å². The smallest absolute Gasteiger partial charge is 0.0993 e. The number of nitrogens with zero attached hydrogens (tertiary/aromatic N) is 1. The van der Waals surface area contributed by atoms with Crippen molar-refractivity contribution in [2.75, 3.05) is 0 Å². The summed E-state index contributed by atoms with van der Waals surface area (Å²) in [6, 6.07) is 13.4. The topological polar surface area (TPSA) is 28.7 Å². The van der Waals surface area contributed by atoms with Crippen molar-refractivity contribution in [3.8, 4) is 0 Å². The predicted molar refractivity (Wildman–Crippen MR) is 121 cm³/mol. The van der Waals surface area contributed by atoms with Gasteiger partial charge in [0.2, 0.25) is 0 Å². The number of fused-ring (bicyclic) bond motifs is 1. The molecule has 2 aromatic carbocycles. The highest BCUT2D eigenvalue weighted by Crippen LogP contribution is 2.34. The van der Waals surface area contributed by atoms with E-state index in [2.05, 4.69) is 80.0 Å². The summed E-state index contributed by atoms with van der Waals surface area (Å²) in [4.78, 5) is 0. The highest BCUT2D eigenvalue weighted by Gasteiger charge is 2.17. The van der Waals surface area contributed by atoms with Crippen LogP contribution in [0, 0.1) is 6.92 Å². The van der Waals surface area contributed by atoms with E-state index in [-0.39, 0.29) is 0 Å². The Bertz CT molecular complexity index is 1140. The molecule has 3 aromatic rings. The third kappa shape index (κ3) is 3.69. The van der Waals surface area contributed by atoms with Crippen molar-refractivity contribution < 1.29 is 0 Å². The van der Waals surface area contributed by atoms with Crippen molar-refractivity contribution in [3.05, 3.63) is 70.2 Å². The maximum absolute atomic E-state index is 4.61. The van der Waals surface area contributed by atoms with E-state index in [0.717, 1.165) is 16.8 Å². The number of benzene rings is 2. The molecule has 1 aromatic heterocycles. The van der Waals surface area contributed by atoms with Gasteiger partial charge in [-0.25, -0.2) is 0 Å². The van der Waals surface area contributed by atoms with Crippen LogP contribution in [0.15, 0.2) is 43.0 Å². The number of allylic oxidation sites excluding steroid dienone is 1. The molecule has 1 aliphatic carbocycles. The Kier molecular flexibility index (Phi) is 5.21. The normalized spacial score (nSPS) is 15.9. The number of H-pyrrole nitrogens is 1. The van der Waals surface area contributed by atoms with Crippen molar-refractivity contribution >= 4 is 28.1 Å². The quantitative estimate of drug-likeness (QED) is 0.638. The van der Waals surface area contributed by atoms with Crippen LogP contribution >= 0.6 is 0 Å². The molecule has 0 bridgehead atoms. The third-order valence-corrected chi connectivity index (χ3v) is 6.04. The van der Waals surface area contributed by atoms with Gasteiger partial charge in [0.05, 0.1) is 11.2 Å². The molecule has 0 atom stereocenters. The summed E-state index contributed by atoms with van der Waals surface area (Å²) < 4.78 is 0. The molecule has 1 N–H and O–H groups in total. The first-order chi connectivity index (χ1) is 13.5. The van der Waals surface area contributed by atoms with Gasteiger partial charge < -0.3 is 0 Å². The van der Waals surface area contributed by atoms with Gasteiger partial charge in [0, 0.05) is 5.39 Å². The maximum Gasteiger partial charge on any atom is 0.0993 e. The molecule has 1 fully saturated rings. The Morgan fingerprint density at radius 1 is 1.07 bits per heavy atom. The fraction of sp³-hybridized carbons (Fsp3) is 0.346. The number of rotatable bonds is 3. The highest BCUT2D eigenvalue weighted by molar-refractivity contribution is 5.98. The molecule has 0 aliphatic heterocycles. The molecule has 0 radical (unpaired) electrons. The van der Waals surface area contributed by atoms with E-state index in [1.807, 2.05) is 0 Å². The minimum Gasteiger partial charge on any atom is -0.277 e. The van der Waals surface area contributed by atoms with Crippen molar-refractivity contribution in [1.82, 2.24) is 10.2 Å². The predicted octanol–water partition coefficient (Wildman–Crippen LogP) is 5.60. The van der Waals surface area contributed by atoms with E-state index in [1.165, 1.54) is 64.6 Å². The van der Waals surface area contributed by atoms with Crippen LogP contribution < -0.4 is 10.4 Å². The minimum absolute atomic E-state index is 0.693. The largest absolute Gasteiger partial charge is 0.277 e. The zero-order valence-electron chi connectivity index (χ0n) is 17.3. The standard InChI is InChI=1S/C26H30N2/c1-17(2)23-12-10-18(3)14-22(23)15-19(4)26-24-16-21(11-13-25(24)27-28-26)20-8-6-5-7-9-20/h10-16,20H,4-9H2,1-3H3,(H,27,28)/b22-15-. The molecule has 28 heavy (non-hydrogen) atoms. The molecular weight excluding hydrogens is 340 g/mol. The second-order valence-electron chi connectivity index (χ2n) is 8.47. The van der Waals surface area contributed by atoms with Gasteiger partial charge >= 0.3 is 0 Å². The molecule has 0 amide bonds. The average molecular weight is 371 g/mol. The molecule has 4 rings (SSSR count). The lowest BCUT2D eigenvalue weighted by Crippen LogP contribution is -2.26. The summed E-state index contributed by atoms with van der Waals surface area (Å²) in [5, 5.41) is 11.5. The first-order valence-electron chi connectivity index (χ1n) is 10.5. The van der Waals surface area contributed by atoms with Crippen LogP contribution in [0.25, 0.3) is 28.1 Å². The Morgan fingerprint density at radius 3 is 2.61 bits per heavy atom. The second-order valence-corrected chi connectivity index (χ2v) is 8.47. The first-order valence-corrected chi connectivity index (χ1v) is 10.5. The van der Waals surface area contributed by atoms with Gasteiger partial charge in [0.1, 0.15) is 0 Å². The number of nitrogens with one attached hydrogen (secondary N) is 1. The van der Waals surface area contributed by atoms with E-state index >= 15 is 0 Å². The summed E-state index contributed by atoms with van der Waals surface area (Å²) in [7, 11) is 0. The van der Waals surface area contributed by atoms with Gasteiger partial charge in [-0.1, -0.05) is 61.2 Å². The molecule has 1 saturated carbocycles. The summed E-state index contributed by atoms with van der Waals surface area (Å²) in [5.41, 5.74) is 7.04. The molecular formula is C26H30N2. The van der Waals surface area contributed by atoms with Crippen LogP contribution in [0.2, 0.25) is 0 Å². The summed E-state index contributed by atoms with van der Waals surface area (Å²) in [6.07, 6.45) is 8.88. The Balaban J connectivity index is 1.78. The average Bonchev–Trinajstić information content (AvgIpc) is 3.12. The van der Waals surface area contributed by atoms with E-state index in [9.17, 15) is 0 Å². The van der Waals surface area contributed by atoms with E-state index in [4.69, 9.17) is 0 Å². The van der Waals surface area contributed by atoms with Crippen molar-refractivity contribution in [2.45, 2.75) is 58.8 Å². The number of hydrogen-bond donors (Lipinski definition) is 1. The van der Waals surface area contributed by atoms with Crippen LogP contribution in [0.3, 0.4) is 0 Å². The van der Waals surface area contributed by atoms with Crippen LogP contribution in [0.1, 0.15) is 68.7 Å². The molecule has 2 nitrogen and oxygen atoms in total.